The Morgan fingerprint density at radius 2 is 2.00 bits per heavy atom. The lowest BCUT2D eigenvalue weighted by molar-refractivity contribution is -0.137. The van der Waals surface area contributed by atoms with Crippen LogP contribution in [-0.4, -0.2) is 28.5 Å². The van der Waals surface area contributed by atoms with E-state index in [4.69, 9.17) is 9.52 Å². The summed E-state index contributed by atoms with van der Waals surface area (Å²) in [4.78, 5) is 39.6. The molecule has 23 heavy (non-hydrogen) atoms. The van der Waals surface area contributed by atoms with Crippen molar-refractivity contribution in [2.75, 3.05) is 6.54 Å². The number of fused-ring (bicyclic) bond motifs is 1. The third-order valence-corrected chi connectivity index (χ3v) is 4.58. The van der Waals surface area contributed by atoms with Gasteiger partial charge in [0, 0.05) is 19.9 Å². The fraction of sp³-hybridized carbons (Fsp3) is 0.467. The van der Waals surface area contributed by atoms with Gasteiger partial charge < -0.3 is 14.8 Å². The van der Waals surface area contributed by atoms with Crippen LogP contribution >= 0.6 is 11.3 Å². The summed E-state index contributed by atoms with van der Waals surface area (Å²) in [6, 6.07) is 0. The molecule has 124 valence electrons. The van der Waals surface area contributed by atoms with Gasteiger partial charge in [0.25, 0.3) is 5.91 Å². The van der Waals surface area contributed by atoms with Crippen LogP contribution in [0.3, 0.4) is 0 Å². The summed E-state index contributed by atoms with van der Waals surface area (Å²) in [7, 11) is 0. The molecule has 0 saturated heterocycles. The van der Waals surface area contributed by atoms with E-state index in [1.807, 2.05) is 0 Å². The Kier molecular flexibility index (Phi) is 5.49. The lowest BCUT2D eigenvalue weighted by atomic mass is 10.2. The van der Waals surface area contributed by atoms with E-state index < -0.39 is 11.6 Å². The summed E-state index contributed by atoms with van der Waals surface area (Å²) in [6.07, 6.45) is 2.19. The SMILES string of the molecule is Cc1nc2sc(C(=O)NCCCCCC(=O)O)c(C)c2c(=O)o1. The van der Waals surface area contributed by atoms with E-state index >= 15 is 0 Å². The summed E-state index contributed by atoms with van der Waals surface area (Å²) in [6.45, 7) is 3.76. The number of aliphatic carboxylic acids is 1. The predicted octanol–water partition coefficient (Wildman–Crippen LogP) is 2.24. The van der Waals surface area contributed by atoms with Crippen molar-refractivity contribution < 1.29 is 19.1 Å². The number of carbonyl (C=O) groups is 2. The van der Waals surface area contributed by atoms with Crippen LogP contribution in [0.5, 0.6) is 0 Å². The summed E-state index contributed by atoms with van der Waals surface area (Å²) in [5, 5.41) is 11.7. The van der Waals surface area contributed by atoms with Crippen LogP contribution in [0.1, 0.15) is 46.8 Å². The van der Waals surface area contributed by atoms with Gasteiger partial charge in [-0.05, 0) is 25.3 Å². The molecule has 2 rings (SSSR count). The van der Waals surface area contributed by atoms with E-state index in [1.165, 1.54) is 11.3 Å². The van der Waals surface area contributed by atoms with Crippen LogP contribution < -0.4 is 10.9 Å². The number of carbonyl (C=O) groups excluding carboxylic acids is 1. The van der Waals surface area contributed by atoms with Crippen LogP contribution in [0, 0.1) is 13.8 Å². The number of aromatic nitrogens is 1. The Labute approximate surface area is 136 Å². The van der Waals surface area contributed by atoms with Gasteiger partial charge in [0.1, 0.15) is 10.2 Å². The lowest BCUT2D eigenvalue weighted by Gasteiger charge is -2.04. The van der Waals surface area contributed by atoms with Gasteiger partial charge in [0.2, 0.25) is 0 Å². The Morgan fingerprint density at radius 1 is 1.26 bits per heavy atom. The zero-order valence-electron chi connectivity index (χ0n) is 13.0. The second-order valence-corrected chi connectivity index (χ2v) is 6.22. The molecule has 0 unspecified atom stereocenters. The van der Waals surface area contributed by atoms with Crippen molar-refractivity contribution in [3.05, 3.63) is 26.8 Å². The molecule has 0 bridgehead atoms. The van der Waals surface area contributed by atoms with Crippen molar-refractivity contribution in [3.63, 3.8) is 0 Å². The first-order chi connectivity index (χ1) is 10.9. The first-order valence-corrected chi connectivity index (χ1v) is 8.12. The van der Waals surface area contributed by atoms with Gasteiger partial charge in [-0.3, -0.25) is 9.59 Å². The number of nitrogens with one attached hydrogen (secondary N) is 1. The molecule has 2 aromatic heterocycles. The minimum absolute atomic E-state index is 0.143. The number of rotatable bonds is 7. The van der Waals surface area contributed by atoms with Crippen molar-refractivity contribution in [2.45, 2.75) is 39.5 Å². The molecular formula is C15H18N2O5S. The number of unbranched alkanes of at least 4 members (excludes halogenated alkanes) is 2. The highest BCUT2D eigenvalue weighted by molar-refractivity contribution is 7.20. The Bertz CT molecular complexity index is 793. The number of hydrogen-bond acceptors (Lipinski definition) is 6. The number of carboxylic acid groups (broad SMARTS) is 1. The Balaban J connectivity index is 1.99. The van der Waals surface area contributed by atoms with E-state index in [9.17, 15) is 14.4 Å². The van der Waals surface area contributed by atoms with Gasteiger partial charge in [-0.1, -0.05) is 6.42 Å². The largest absolute Gasteiger partial charge is 0.481 e. The number of amides is 1. The summed E-state index contributed by atoms with van der Waals surface area (Å²) >= 11 is 1.17. The normalized spacial score (nSPS) is 10.9. The van der Waals surface area contributed by atoms with E-state index in [0.29, 0.717) is 40.0 Å². The molecule has 0 saturated carbocycles. The molecule has 2 heterocycles. The van der Waals surface area contributed by atoms with Gasteiger partial charge in [0.15, 0.2) is 5.89 Å². The molecule has 7 nitrogen and oxygen atoms in total. The Hall–Kier alpha value is -2.22. The zero-order chi connectivity index (χ0) is 17.0. The molecule has 0 aromatic carbocycles. The summed E-state index contributed by atoms with van der Waals surface area (Å²) in [5.41, 5.74) is 0.101. The van der Waals surface area contributed by atoms with Gasteiger partial charge in [-0.25, -0.2) is 9.78 Å². The molecule has 0 radical (unpaired) electrons. The smallest absolute Gasteiger partial charge is 0.348 e. The molecule has 1 amide bonds. The van der Waals surface area contributed by atoms with E-state index in [1.54, 1.807) is 13.8 Å². The highest BCUT2D eigenvalue weighted by Gasteiger charge is 2.19. The van der Waals surface area contributed by atoms with Crippen LogP contribution in [0.2, 0.25) is 0 Å². The van der Waals surface area contributed by atoms with Gasteiger partial charge in [-0.2, -0.15) is 0 Å². The molecule has 0 aliphatic carbocycles. The maximum Gasteiger partial charge on any atom is 0.348 e. The highest BCUT2D eigenvalue weighted by Crippen LogP contribution is 2.27. The third kappa shape index (κ3) is 4.16. The topological polar surface area (TPSA) is 110 Å². The van der Waals surface area contributed by atoms with E-state index in [-0.39, 0.29) is 18.2 Å². The molecule has 8 heteroatoms. The lowest BCUT2D eigenvalue weighted by Crippen LogP contribution is -2.24. The second kappa shape index (κ2) is 7.36. The molecule has 0 fully saturated rings. The van der Waals surface area contributed by atoms with Crippen molar-refractivity contribution in [3.8, 4) is 0 Å². The number of nitrogens with zero attached hydrogens (tertiary/aromatic N) is 1. The van der Waals surface area contributed by atoms with Crippen LogP contribution in [0.15, 0.2) is 9.21 Å². The van der Waals surface area contributed by atoms with Crippen molar-refractivity contribution in [1.29, 1.82) is 0 Å². The fourth-order valence-corrected chi connectivity index (χ4v) is 3.37. The quantitative estimate of drug-likeness (QED) is 0.749. The fourth-order valence-electron chi connectivity index (χ4n) is 2.25. The number of aryl methyl sites for hydroxylation is 2. The predicted molar refractivity (Wildman–Crippen MR) is 86.1 cm³/mol. The minimum atomic E-state index is -0.809. The molecule has 0 atom stereocenters. The molecule has 2 N–H and O–H groups in total. The van der Waals surface area contributed by atoms with Gasteiger partial charge in [0.05, 0.1) is 4.88 Å². The van der Waals surface area contributed by atoms with Crippen molar-refractivity contribution in [1.82, 2.24) is 10.3 Å². The van der Waals surface area contributed by atoms with Crippen LogP contribution in [-0.2, 0) is 4.79 Å². The number of carboxylic acids is 1. The zero-order valence-corrected chi connectivity index (χ0v) is 13.8. The minimum Gasteiger partial charge on any atom is -0.481 e. The first-order valence-electron chi connectivity index (χ1n) is 7.31. The van der Waals surface area contributed by atoms with Crippen molar-refractivity contribution in [2.24, 2.45) is 0 Å². The highest BCUT2D eigenvalue weighted by atomic mass is 32.1. The maximum absolute atomic E-state index is 12.2. The molecule has 2 aromatic rings. The molecule has 0 aliphatic rings. The van der Waals surface area contributed by atoms with Crippen molar-refractivity contribution >= 4 is 33.4 Å². The van der Waals surface area contributed by atoms with E-state index in [2.05, 4.69) is 10.3 Å². The molecule has 0 spiro atoms. The first kappa shape index (κ1) is 17.1. The van der Waals surface area contributed by atoms with Crippen LogP contribution in [0.25, 0.3) is 10.2 Å². The molecular weight excluding hydrogens is 320 g/mol. The summed E-state index contributed by atoms with van der Waals surface area (Å²) in [5.74, 6) is -0.786. The van der Waals surface area contributed by atoms with Gasteiger partial charge in [-0.15, -0.1) is 11.3 Å². The standard InChI is InChI=1S/C15H18N2O5S/c1-8-11-14(17-9(2)22-15(11)21)23-12(8)13(20)16-7-5-3-4-6-10(18)19/h3-7H2,1-2H3,(H,16,20)(H,18,19). The maximum atomic E-state index is 12.2. The average molecular weight is 338 g/mol. The number of hydrogen-bond donors (Lipinski definition) is 2. The van der Waals surface area contributed by atoms with Gasteiger partial charge >= 0.3 is 11.6 Å². The Morgan fingerprint density at radius 3 is 2.70 bits per heavy atom. The molecule has 0 aliphatic heterocycles. The van der Waals surface area contributed by atoms with Crippen LogP contribution in [0.4, 0.5) is 0 Å². The van der Waals surface area contributed by atoms with E-state index in [0.717, 1.165) is 6.42 Å². The number of thiophene rings is 1. The average Bonchev–Trinajstić information content (AvgIpc) is 2.79. The second-order valence-electron chi connectivity index (χ2n) is 5.22. The monoisotopic (exact) mass is 338 g/mol. The summed E-state index contributed by atoms with van der Waals surface area (Å²) < 4.78 is 4.97. The third-order valence-electron chi connectivity index (χ3n) is 3.39.